The number of ether oxygens (including phenoxy) is 3. The van der Waals surface area contributed by atoms with Crippen molar-refractivity contribution in [2.24, 2.45) is 5.92 Å². The molecule has 0 unspecified atom stereocenters. The van der Waals surface area contributed by atoms with E-state index in [-0.39, 0.29) is 11.5 Å². The normalized spacial score (nSPS) is 24.2. The lowest BCUT2D eigenvalue weighted by atomic mass is 9.79. The molecule has 0 saturated carbocycles. The molecule has 152 valence electrons. The second kappa shape index (κ2) is 7.76. The molecule has 1 spiro atoms. The van der Waals surface area contributed by atoms with Crippen LogP contribution in [0, 0.1) is 5.92 Å². The molecule has 4 heterocycles. The average Bonchev–Trinajstić information content (AvgIpc) is 3.34. The molecule has 2 saturated heterocycles. The Kier molecular flexibility index (Phi) is 4.97. The summed E-state index contributed by atoms with van der Waals surface area (Å²) in [7, 11) is 0. The summed E-state index contributed by atoms with van der Waals surface area (Å²) in [6.07, 6.45) is 4.02. The fourth-order valence-corrected chi connectivity index (χ4v) is 4.71. The minimum absolute atomic E-state index is 0.0764. The molecule has 6 heteroatoms. The summed E-state index contributed by atoms with van der Waals surface area (Å²) in [5.41, 5.74) is 1.86. The number of fused-ring (bicyclic) bond motifs is 1. The van der Waals surface area contributed by atoms with Crippen molar-refractivity contribution >= 4 is 5.91 Å². The minimum atomic E-state index is -0.397. The molecule has 0 N–H and O–H groups in total. The van der Waals surface area contributed by atoms with Crippen LogP contribution in [0.1, 0.15) is 24.1 Å². The SMILES string of the molecule is O=C([C@@H]1Cc2ccccc2O1)N1CC2(C1)OCC[C@@H]2CCOCc1ccccn1. The predicted molar refractivity (Wildman–Crippen MR) is 106 cm³/mol. The van der Waals surface area contributed by atoms with Crippen LogP contribution in [0.4, 0.5) is 0 Å². The molecule has 2 fully saturated rings. The van der Waals surface area contributed by atoms with Gasteiger partial charge in [0.2, 0.25) is 0 Å². The third-order valence-corrected chi connectivity index (χ3v) is 6.34. The molecule has 3 aliphatic heterocycles. The first-order chi connectivity index (χ1) is 14.2. The first kappa shape index (κ1) is 18.6. The highest BCUT2D eigenvalue weighted by molar-refractivity contribution is 5.83. The van der Waals surface area contributed by atoms with Crippen LogP contribution in [0.3, 0.4) is 0 Å². The van der Waals surface area contributed by atoms with E-state index >= 15 is 0 Å². The highest BCUT2D eigenvalue weighted by atomic mass is 16.5. The standard InChI is InChI=1S/C23H26N2O4/c26-22(21-13-17-5-1-2-7-20(17)29-21)25-15-23(16-25)18(9-12-28-23)8-11-27-14-19-6-3-4-10-24-19/h1-7,10,18,21H,8-9,11-16H2/t18-,21-/m0/s1. The number of pyridine rings is 1. The van der Waals surface area contributed by atoms with Crippen LogP contribution in [-0.4, -0.2) is 53.8 Å². The summed E-state index contributed by atoms with van der Waals surface area (Å²) in [5.74, 6) is 1.34. The molecule has 6 nitrogen and oxygen atoms in total. The van der Waals surface area contributed by atoms with Gasteiger partial charge in [0.05, 0.1) is 25.4 Å². The molecule has 0 bridgehead atoms. The molecular formula is C23H26N2O4. The molecule has 2 aromatic rings. The zero-order valence-electron chi connectivity index (χ0n) is 16.5. The van der Waals surface area contributed by atoms with Gasteiger partial charge < -0.3 is 19.1 Å². The van der Waals surface area contributed by atoms with Crippen molar-refractivity contribution in [1.29, 1.82) is 0 Å². The van der Waals surface area contributed by atoms with Gasteiger partial charge in [0.15, 0.2) is 6.10 Å². The van der Waals surface area contributed by atoms with Crippen LogP contribution in [0.2, 0.25) is 0 Å². The molecule has 29 heavy (non-hydrogen) atoms. The molecule has 1 amide bonds. The summed E-state index contributed by atoms with van der Waals surface area (Å²) in [6, 6.07) is 13.7. The van der Waals surface area contributed by atoms with Crippen LogP contribution < -0.4 is 4.74 Å². The Morgan fingerprint density at radius 1 is 1.21 bits per heavy atom. The van der Waals surface area contributed by atoms with Gasteiger partial charge in [-0.05, 0) is 42.5 Å². The van der Waals surface area contributed by atoms with E-state index in [9.17, 15) is 4.79 Å². The Labute approximate surface area is 170 Å². The van der Waals surface area contributed by atoms with Crippen LogP contribution in [0.15, 0.2) is 48.7 Å². The highest BCUT2D eigenvalue weighted by Crippen LogP contribution is 2.42. The number of rotatable bonds is 6. The Hall–Kier alpha value is -2.44. The minimum Gasteiger partial charge on any atom is -0.480 e. The molecule has 1 aromatic heterocycles. The topological polar surface area (TPSA) is 60.9 Å². The van der Waals surface area contributed by atoms with Crippen LogP contribution in [0.25, 0.3) is 0 Å². The molecule has 0 aliphatic carbocycles. The van der Waals surface area contributed by atoms with Crippen LogP contribution in [-0.2, 0) is 27.3 Å². The van der Waals surface area contributed by atoms with Gasteiger partial charge in [-0.3, -0.25) is 9.78 Å². The molecule has 5 rings (SSSR count). The second-order valence-electron chi connectivity index (χ2n) is 8.17. The Bertz CT molecular complexity index is 841. The van der Waals surface area contributed by atoms with Gasteiger partial charge in [-0.15, -0.1) is 0 Å². The van der Waals surface area contributed by atoms with Gasteiger partial charge >= 0.3 is 0 Å². The first-order valence-electron chi connectivity index (χ1n) is 10.4. The summed E-state index contributed by atoms with van der Waals surface area (Å²) in [4.78, 5) is 19.0. The maximum absolute atomic E-state index is 12.9. The fourth-order valence-electron chi connectivity index (χ4n) is 4.71. The van der Waals surface area contributed by atoms with Crippen molar-refractivity contribution in [3.05, 3.63) is 59.9 Å². The summed E-state index contributed by atoms with van der Waals surface area (Å²) in [5, 5.41) is 0. The number of carbonyl (C=O) groups is 1. The fraction of sp³-hybridized carbons (Fsp3) is 0.478. The van der Waals surface area contributed by atoms with E-state index in [1.807, 2.05) is 47.4 Å². The largest absolute Gasteiger partial charge is 0.480 e. The van der Waals surface area contributed by atoms with E-state index in [0.29, 0.717) is 38.6 Å². The van der Waals surface area contributed by atoms with Crippen molar-refractivity contribution in [2.75, 3.05) is 26.3 Å². The van der Waals surface area contributed by atoms with E-state index in [1.54, 1.807) is 6.20 Å². The number of likely N-dealkylation sites (tertiary alicyclic amines) is 1. The number of hydrogen-bond donors (Lipinski definition) is 0. The van der Waals surface area contributed by atoms with Gasteiger partial charge in [-0.2, -0.15) is 0 Å². The third kappa shape index (κ3) is 3.63. The molecule has 1 aromatic carbocycles. The lowest BCUT2D eigenvalue weighted by molar-refractivity contribution is -0.171. The van der Waals surface area contributed by atoms with Crippen molar-refractivity contribution < 1.29 is 19.0 Å². The van der Waals surface area contributed by atoms with Crippen LogP contribution >= 0.6 is 0 Å². The molecule has 0 radical (unpaired) electrons. The highest BCUT2D eigenvalue weighted by Gasteiger charge is 2.55. The van der Waals surface area contributed by atoms with Crippen molar-refractivity contribution in [3.63, 3.8) is 0 Å². The maximum Gasteiger partial charge on any atom is 0.264 e. The molecular weight excluding hydrogens is 368 g/mol. The quantitative estimate of drug-likeness (QED) is 0.705. The lowest BCUT2D eigenvalue weighted by Crippen LogP contribution is -2.67. The summed E-state index contributed by atoms with van der Waals surface area (Å²) < 4.78 is 17.8. The number of carbonyl (C=O) groups excluding carboxylic acids is 1. The van der Waals surface area contributed by atoms with Crippen LogP contribution in [0.5, 0.6) is 5.75 Å². The Morgan fingerprint density at radius 3 is 2.90 bits per heavy atom. The van der Waals surface area contributed by atoms with E-state index in [2.05, 4.69) is 4.98 Å². The predicted octanol–water partition coefficient (Wildman–Crippen LogP) is 2.61. The Balaban J connectivity index is 1.10. The Morgan fingerprint density at radius 2 is 2.07 bits per heavy atom. The number of hydrogen-bond acceptors (Lipinski definition) is 5. The zero-order valence-corrected chi connectivity index (χ0v) is 16.5. The van der Waals surface area contributed by atoms with E-state index in [4.69, 9.17) is 14.2 Å². The lowest BCUT2D eigenvalue weighted by Gasteiger charge is -2.50. The van der Waals surface area contributed by atoms with Gasteiger partial charge in [0.1, 0.15) is 11.4 Å². The summed E-state index contributed by atoms with van der Waals surface area (Å²) >= 11 is 0. The van der Waals surface area contributed by atoms with E-state index in [1.165, 1.54) is 0 Å². The van der Waals surface area contributed by atoms with E-state index < -0.39 is 6.10 Å². The smallest absolute Gasteiger partial charge is 0.264 e. The van der Waals surface area contributed by atoms with Gasteiger partial charge in [0.25, 0.3) is 5.91 Å². The monoisotopic (exact) mass is 394 g/mol. The number of para-hydroxylation sites is 1. The first-order valence-corrected chi connectivity index (χ1v) is 10.4. The van der Waals surface area contributed by atoms with Crippen molar-refractivity contribution in [1.82, 2.24) is 9.88 Å². The number of aromatic nitrogens is 1. The van der Waals surface area contributed by atoms with Gasteiger partial charge in [-0.1, -0.05) is 24.3 Å². The average molecular weight is 394 g/mol. The summed E-state index contributed by atoms with van der Waals surface area (Å²) in [6.45, 7) is 3.30. The van der Waals surface area contributed by atoms with Gasteiger partial charge in [0, 0.05) is 25.8 Å². The number of nitrogens with zero attached hydrogens (tertiary/aromatic N) is 2. The molecule has 2 atom stereocenters. The van der Waals surface area contributed by atoms with Crippen molar-refractivity contribution in [2.45, 2.75) is 37.6 Å². The number of amides is 1. The maximum atomic E-state index is 12.9. The zero-order chi connectivity index (χ0) is 19.7. The molecule has 3 aliphatic rings. The second-order valence-corrected chi connectivity index (χ2v) is 8.17. The van der Waals surface area contributed by atoms with Gasteiger partial charge in [-0.25, -0.2) is 0 Å². The van der Waals surface area contributed by atoms with Crippen molar-refractivity contribution in [3.8, 4) is 5.75 Å². The number of benzene rings is 1. The third-order valence-electron chi connectivity index (χ3n) is 6.34. The van der Waals surface area contributed by atoms with E-state index in [0.717, 1.165) is 36.5 Å².